The zero-order valence-corrected chi connectivity index (χ0v) is 15.0. The van der Waals surface area contributed by atoms with Gasteiger partial charge in [0.2, 0.25) is 0 Å². The Hall–Kier alpha value is -1.79. The SMILES string of the molecule is CC(O)CC(C)CNC(=O)Nc1ccccc1N1CCN(C)CC1. The van der Waals surface area contributed by atoms with Gasteiger partial charge in [0.05, 0.1) is 17.5 Å². The summed E-state index contributed by atoms with van der Waals surface area (Å²) in [6, 6.07) is 7.73. The number of amides is 2. The van der Waals surface area contributed by atoms with Crippen LogP contribution >= 0.6 is 0 Å². The summed E-state index contributed by atoms with van der Waals surface area (Å²) in [5, 5.41) is 15.2. The maximum atomic E-state index is 12.2. The first-order valence-corrected chi connectivity index (χ1v) is 8.71. The molecular formula is C18H30N4O2. The van der Waals surface area contributed by atoms with Crippen molar-refractivity contribution in [2.24, 2.45) is 5.92 Å². The quantitative estimate of drug-likeness (QED) is 0.744. The summed E-state index contributed by atoms with van der Waals surface area (Å²) in [5.41, 5.74) is 1.90. The minimum atomic E-state index is -0.345. The van der Waals surface area contributed by atoms with Gasteiger partial charge in [-0.2, -0.15) is 0 Å². The fourth-order valence-corrected chi connectivity index (χ4v) is 3.00. The van der Waals surface area contributed by atoms with E-state index in [1.54, 1.807) is 6.92 Å². The molecule has 134 valence electrons. The van der Waals surface area contributed by atoms with E-state index in [4.69, 9.17) is 0 Å². The predicted molar refractivity (Wildman–Crippen MR) is 98.6 cm³/mol. The van der Waals surface area contributed by atoms with Gasteiger partial charge in [-0.05, 0) is 38.4 Å². The molecule has 24 heavy (non-hydrogen) atoms. The first-order chi connectivity index (χ1) is 11.5. The molecule has 1 fully saturated rings. The number of anilines is 2. The molecule has 1 heterocycles. The number of rotatable bonds is 6. The third-order valence-electron chi connectivity index (χ3n) is 4.35. The van der Waals surface area contributed by atoms with Crippen LogP contribution in [0.1, 0.15) is 20.3 Å². The number of carbonyl (C=O) groups excluding carboxylic acids is 1. The lowest BCUT2D eigenvalue weighted by Gasteiger charge is -2.35. The van der Waals surface area contributed by atoms with Crippen LogP contribution in [0.3, 0.4) is 0 Å². The monoisotopic (exact) mass is 334 g/mol. The van der Waals surface area contributed by atoms with E-state index in [1.165, 1.54) is 0 Å². The third kappa shape index (κ3) is 5.69. The molecule has 2 amide bonds. The summed E-state index contributed by atoms with van der Waals surface area (Å²) in [6.07, 6.45) is 0.334. The zero-order chi connectivity index (χ0) is 17.5. The summed E-state index contributed by atoms with van der Waals surface area (Å²) < 4.78 is 0. The summed E-state index contributed by atoms with van der Waals surface area (Å²) in [5.74, 6) is 0.239. The number of benzene rings is 1. The van der Waals surface area contributed by atoms with Crippen LogP contribution in [0, 0.1) is 5.92 Å². The Kier molecular flexibility index (Phi) is 6.87. The Morgan fingerprint density at radius 1 is 1.21 bits per heavy atom. The van der Waals surface area contributed by atoms with E-state index >= 15 is 0 Å². The Morgan fingerprint density at radius 3 is 2.54 bits per heavy atom. The molecule has 1 saturated heterocycles. The number of urea groups is 1. The van der Waals surface area contributed by atoms with Gasteiger partial charge < -0.3 is 25.5 Å². The molecule has 2 rings (SSSR count). The van der Waals surface area contributed by atoms with Gasteiger partial charge >= 0.3 is 6.03 Å². The summed E-state index contributed by atoms with van der Waals surface area (Å²) in [4.78, 5) is 16.8. The molecular weight excluding hydrogens is 304 g/mol. The number of nitrogens with zero attached hydrogens (tertiary/aromatic N) is 2. The average Bonchev–Trinajstić information content (AvgIpc) is 2.54. The highest BCUT2D eigenvalue weighted by Gasteiger charge is 2.17. The van der Waals surface area contributed by atoms with Crippen LogP contribution in [0.15, 0.2) is 24.3 Å². The lowest BCUT2D eigenvalue weighted by molar-refractivity contribution is 0.163. The highest BCUT2D eigenvalue weighted by molar-refractivity contribution is 5.93. The van der Waals surface area contributed by atoms with Crippen LogP contribution in [0.2, 0.25) is 0 Å². The second-order valence-electron chi connectivity index (χ2n) is 6.83. The second kappa shape index (κ2) is 8.89. The summed E-state index contributed by atoms with van der Waals surface area (Å²) in [7, 11) is 2.13. The van der Waals surface area contributed by atoms with Gasteiger partial charge in [0.25, 0.3) is 0 Å². The number of nitrogens with one attached hydrogen (secondary N) is 2. The van der Waals surface area contributed by atoms with Gasteiger partial charge in [0, 0.05) is 32.7 Å². The molecule has 0 bridgehead atoms. The van der Waals surface area contributed by atoms with Gasteiger partial charge in [0.15, 0.2) is 0 Å². The minimum absolute atomic E-state index is 0.200. The molecule has 1 aliphatic rings. The largest absolute Gasteiger partial charge is 0.393 e. The summed E-state index contributed by atoms with van der Waals surface area (Å²) >= 11 is 0. The molecule has 1 aromatic rings. The van der Waals surface area contributed by atoms with E-state index in [9.17, 15) is 9.90 Å². The van der Waals surface area contributed by atoms with Crippen molar-refractivity contribution in [1.82, 2.24) is 10.2 Å². The zero-order valence-electron chi connectivity index (χ0n) is 15.0. The highest BCUT2D eigenvalue weighted by atomic mass is 16.3. The Bertz CT molecular complexity index is 528. The van der Waals surface area contributed by atoms with Crippen LogP contribution < -0.4 is 15.5 Å². The lowest BCUT2D eigenvalue weighted by atomic mass is 10.1. The third-order valence-corrected chi connectivity index (χ3v) is 4.35. The van der Waals surface area contributed by atoms with Gasteiger partial charge in [-0.15, -0.1) is 0 Å². The molecule has 6 heteroatoms. The van der Waals surface area contributed by atoms with Crippen molar-refractivity contribution in [2.75, 3.05) is 50.0 Å². The van der Waals surface area contributed by atoms with E-state index < -0.39 is 0 Å². The van der Waals surface area contributed by atoms with Crippen LogP contribution in [0.5, 0.6) is 0 Å². The topological polar surface area (TPSA) is 67.8 Å². The fourth-order valence-electron chi connectivity index (χ4n) is 3.00. The molecule has 0 aliphatic carbocycles. The first kappa shape index (κ1) is 18.5. The van der Waals surface area contributed by atoms with Gasteiger partial charge in [-0.25, -0.2) is 4.79 Å². The number of piperazine rings is 1. The van der Waals surface area contributed by atoms with E-state index in [-0.39, 0.29) is 18.1 Å². The van der Waals surface area contributed by atoms with E-state index in [2.05, 4.69) is 33.5 Å². The number of hydrogen-bond donors (Lipinski definition) is 3. The van der Waals surface area contributed by atoms with Crippen LogP contribution in [-0.4, -0.2) is 61.9 Å². The van der Waals surface area contributed by atoms with Gasteiger partial charge in [0.1, 0.15) is 0 Å². The average molecular weight is 334 g/mol. The van der Waals surface area contributed by atoms with Crippen molar-refractivity contribution >= 4 is 17.4 Å². The maximum absolute atomic E-state index is 12.2. The molecule has 2 atom stereocenters. The minimum Gasteiger partial charge on any atom is -0.393 e. The second-order valence-corrected chi connectivity index (χ2v) is 6.83. The normalized spacial score (nSPS) is 18.1. The Morgan fingerprint density at radius 2 is 1.88 bits per heavy atom. The standard InChI is InChI=1S/C18H30N4O2/c1-14(12-15(2)23)13-19-18(24)20-16-6-4-5-7-17(16)22-10-8-21(3)9-11-22/h4-7,14-15,23H,8-13H2,1-3H3,(H2,19,20,24). The Balaban J connectivity index is 1.91. The molecule has 2 unspecified atom stereocenters. The number of aliphatic hydroxyl groups excluding tert-OH is 1. The van der Waals surface area contributed by atoms with E-state index in [0.29, 0.717) is 13.0 Å². The molecule has 6 nitrogen and oxygen atoms in total. The molecule has 0 radical (unpaired) electrons. The van der Waals surface area contributed by atoms with Crippen molar-refractivity contribution in [2.45, 2.75) is 26.4 Å². The molecule has 0 saturated carbocycles. The molecule has 1 aromatic carbocycles. The predicted octanol–water partition coefficient (Wildman–Crippen LogP) is 1.97. The van der Waals surface area contributed by atoms with E-state index in [1.807, 2.05) is 25.1 Å². The molecule has 1 aliphatic heterocycles. The van der Waals surface area contributed by atoms with E-state index in [0.717, 1.165) is 37.6 Å². The molecule has 0 spiro atoms. The number of hydrogen-bond acceptors (Lipinski definition) is 4. The Labute approximate surface area is 144 Å². The number of carbonyl (C=O) groups is 1. The number of likely N-dealkylation sites (N-methyl/N-ethyl adjacent to an activating group) is 1. The van der Waals surface area contributed by atoms with Crippen LogP contribution in [0.4, 0.5) is 16.2 Å². The van der Waals surface area contributed by atoms with Crippen molar-refractivity contribution in [3.63, 3.8) is 0 Å². The molecule has 0 aromatic heterocycles. The molecule has 3 N–H and O–H groups in total. The van der Waals surface area contributed by atoms with Crippen molar-refractivity contribution < 1.29 is 9.90 Å². The smallest absolute Gasteiger partial charge is 0.319 e. The maximum Gasteiger partial charge on any atom is 0.319 e. The summed E-state index contributed by atoms with van der Waals surface area (Å²) in [6.45, 7) is 8.31. The lowest BCUT2D eigenvalue weighted by Crippen LogP contribution is -2.45. The fraction of sp³-hybridized carbons (Fsp3) is 0.611. The number of para-hydroxylation sites is 2. The van der Waals surface area contributed by atoms with Gasteiger partial charge in [-0.3, -0.25) is 0 Å². The van der Waals surface area contributed by atoms with Crippen molar-refractivity contribution in [1.29, 1.82) is 0 Å². The van der Waals surface area contributed by atoms with Gasteiger partial charge in [-0.1, -0.05) is 19.1 Å². The van der Waals surface area contributed by atoms with Crippen molar-refractivity contribution in [3.8, 4) is 0 Å². The number of aliphatic hydroxyl groups is 1. The van der Waals surface area contributed by atoms with Crippen LogP contribution in [0.25, 0.3) is 0 Å². The first-order valence-electron chi connectivity index (χ1n) is 8.71. The van der Waals surface area contributed by atoms with Crippen LogP contribution in [-0.2, 0) is 0 Å². The highest BCUT2D eigenvalue weighted by Crippen LogP contribution is 2.26. The van der Waals surface area contributed by atoms with Crippen molar-refractivity contribution in [3.05, 3.63) is 24.3 Å².